The van der Waals surface area contributed by atoms with Crippen LogP contribution < -0.4 is 4.90 Å². The molecule has 0 radical (unpaired) electrons. The van der Waals surface area contributed by atoms with Crippen LogP contribution in [0.2, 0.25) is 0 Å². The molecule has 1 aromatic rings. The molecule has 0 bridgehead atoms. The molecule has 1 aliphatic heterocycles. The first kappa shape index (κ1) is 9.82. The molecule has 0 unspecified atom stereocenters. The lowest BCUT2D eigenvalue weighted by Gasteiger charge is -2.17. The number of allylic oxidation sites excluding steroid dienone is 2. The van der Waals surface area contributed by atoms with Gasteiger partial charge in [-0.05, 0) is 37.7 Å². The highest BCUT2D eigenvalue weighted by molar-refractivity contribution is 5.39. The number of hydrogen-bond acceptors (Lipinski definition) is 3. The quantitative estimate of drug-likeness (QED) is 0.672. The van der Waals surface area contributed by atoms with Crippen molar-refractivity contribution >= 4 is 5.82 Å². The van der Waals surface area contributed by atoms with Crippen LogP contribution in [0.25, 0.3) is 0 Å². The lowest BCUT2D eigenvalue weighted by atomic mass is 9.86. The maximum absolute atomic E-state index is 4.51. The van der Waals surface area contributed by atoms with Crippen molar-refractivity contribution in [2.75, 3.05) is 18.0 Å². The average molecular weight is 215 g/mol. The Morgan fingerprint density at radius 1 is 1.19 bits per heavy atom. The average Bonchev–Trinajstić information content (AvgIpc) is 2.72. The summed E-state index contributed by atoms with van der Waals surface area (Å²) in [6.07, 6.45) is 9.00. The van der Waals surface area contributed by atoms with Crippen LogP contribution in [0.5, 0.6) is 0 Å². The zero-order valence-corrected chi connectivity index (χ0v) is 9.63. The largest absolute Gasteiger partial charge is 0.356 e. The van der Waals surface area contributed by atoms with E-state index in [1.54, 1.807) is 0 Å². The molecule has 1 fully saturated rings. The number of aromatic nitrogens is 2. The number of nitrogens with zero attached hydrogens (tertiary/aromatic N) is 3. The molecule has 1 aromatic heterocycles. The van der Waals surface area contributed by atoms with Gasteiger partial charge in [-0.1, -0.05) is 12.2 Å². The number of anilines is 1. The standard InChI is InChI=1S/C13H17N3/c1-10-14-7-6-13(15-10)16-8-11-4-2-3-5-12(11)9-16/h2-3,6-7,11-12H,4-5,8-9H2,1H3/t11-,12-/m0/s1. The molecule has 0 amide bonds. The summed E-state index contributed by atoms with van der Waals surface area (Å²) in [6, 6.07) is 2.03. The van der Waals surface area contributed by atoms with Crippen molar-refractivity contribution in [3.05, 3.63) is 30.2 Å². The third-order valence-corrected chi connectivity index (χ3v) is 3.71. The van der Waals surface area contributed by atoms with E-state index in [9.17, 15) is 0 Å². The first-order valence-electron chi connectivity index (χ1n) is 6.02. The zero-order valence-electron chi connectivity index (χ0n) is 9.63. The molecular weight excluding hydrogens is 198 g/mol. The Kier molecular flexibility index (Phi) is 2.39. The van der Waals surface area contributed by atoms with Crippen LogP contribution >= 0.6 is 0 Å². The minimum absolute atomic E-state index is 0.834. The molecule has 0 saturated carbocycles. The van der Waals surface area contributed by atoms with E-state index < -0.39 is 0 Å². The topological polar surface area (TPSA) is 29.0 Å². The van der Waals surface area contributed by atoms with Crippen molar-refractivity contribution in [3.8, 4) is 0 Å². The minimum atomic E-state index is 0.834. The molecule has 3 nitrogen and oxygen atoms in total. The van der Waals surface area contributed by atoms with Crippen LogP contribution in [-0.2, 0) is 0 Å². The summed E-state index contributed by atoms with van der Waals surface area (Å²) in [5, 5.41) is 0. The van der Waals surface area contributed by atoms with Gasteiger partial charge in [0, 0.05) is 19.3 Å². The number of aryl methyl sites for hydroxylation is 1. The maximum atomic E-state index is 4.51. The fourth-order valence-corrected chi connectivity index (χ4v) is 2.82. The van der Waals surface area contributed by atoms with Gasteiger partial charge in [-0.15, -0.1) is 0 Å². The fourth-order valence-electron chi connectivity index (χ4n) is 2.82. The van der Waals surface area contributed by atoms with Crippen molar-refractivity contribution < 1.29 is 0 Å². The monoisotopic (exact) mass is 215 g/mol. The van der Waals surface area contributed by atoms with Gasteiger partial charge in [-0.3, -0.25) is 0 Å². The van der Waals surface area contributed by atoms with Crippen LogP contribution in [-0.4, -0.2) is 23.1 Å². The van der Waals surface area contributed by atoms with Gasteiger partial charge in [-0.25, -0.2) is 9.97 Å². The Hall–Kier alpha value is -1.38. The molecule has 2 atom stereocenters. The molecule has 0 spiro atoms. The molecule has 2 aliphatic rings. The van der Waals surface area contributed by atoms with Gasteiger partial charge in [-0.2, -0.15) is 0 Å². The van der Waals surface area contributed by atoms with Gasteiger partial charge in [0.1, 0.15) is 11.6 Å². The van der Waals surface area contributed by atoms with Crippen molar-refractivity contribution in [3.63, 3.8) is 0 Å². The van der Waals surface area contributed by atoms with E-state index in [0.717, 1.165) is 36.6 Å². The van der Waals surface area contributed by atoms with Crippen molar-refractivity contribution in [1.29, 1.82) is 0 Å². The first-order valence-corrected chi connectivity index (χ1v) is 6.02. The van der Waals surface area contributed by atoms with E-state index in [1.165, 1.54) is 12.8 Å². The molecule has 3 rings (SSSR count). The Morgan fingerprint density at radius 3 is 2.50 bits per heavy atom. The van der Waals surface area contributed by atoms with Gasteiger partial charge in [0.25, 0.3) is 0 Å². The highest BCUT2D eigenvalue weighted by Gasteiger charge is 2.33. The smallest absolute Gasteiger partial charge is 0.132 e. The maximum Gasteiger partial charge on any atom is 0.132 e. The summed E-state index contributed by atoms with van der Waals surface area (Å²) in [4.78, 5) is 11.1. The van der Waals surface area contributed by atoms with Crippen molar-refractivity contribution in [2.24, 2.45) is 11.8 Å². The lowest BCUT2D eigenvalue weighted by Crippen LogP contribution is -2.21. The van der Waals surface area contributed by atoms with Gasteiger partial charge in [0.15, 0.2) is 0 Å². The Bertz CT molecular complexity index is 397. The molecular formula is C13H17N3. The Balaban J connectivity index is 1.79. The third-order valence-electron chi connectivity index (χ3n) is 3.71. The van der Waals surface area contributed by atoms with E-state index >= 15 is 0 Å². The van der Waals surface area contributed by atoms with Gasteiger partial charge in [0.2, 0.25) is 0 Å². The predicted octanol–water partition coefficient (Wildman–Crippen LogP) is 2.19. The fraction of sp³-hybridized carbons (Fsp3) is 0.538. The van der Waals surface area contributed by atoms with Gasteiger partial charge >= 0.3 is 0 Å². The van der Waals surface area contributed by atoms with E-state index in [4.69, 9.17) is 0 Å². The van der Waals surface area contributed by atoms with Crippen LogP contribution in [0.3, 0.4) is 0 Å². The van der Waals surface area contributed by atoms with Crippen molar-refractivity contribution in [1.82, 2.24) is 9.97 Å². The van der Waals surface area contributed by atoms with E-state index in [1.807, 2.05) is 19.2 Å². The molecule has 1 saturated heterocycles. The highest BCUT2D eigenvalue weighted by atomic mass is 15.2. The summed E-state index contributed by atoms with van der Waals surface area (Å²) < 4.78 is 0. The molecule has 16 heavy (non-hydrogen) atoms. The molecule has 3 heteroatoms. The number of fused-ring (bicyclic) bond motifs is 1. The number of hydrogen-bond donors (Lipinski definition) is 0. The summed E-state index contributed by atoms with van der Waals surface area (Å²) in [5.74, 6) is 3.63. The van der Waals surface area contributed by atoms with E-state index in [0.29, 0.717) is 0 Å². The summed E-state index contributed by atoms with van der Waals surface area (Å²) in [6.45, 7) is 4.27. The predicted molar refractivity (Wildman–Crippen MR) is 64.3 cm³/mol. The van der Waals surface area contributed by atoms with Gasteiger partial charge in [0.05, 0.1) is 0 Å². The number of rotatable bonds is 1. The second kappa shape index (κ2) is 3.89. The summed E-state index contributed by atoms with van der Waals surface area (Å²) in [5.41, 5.74) is 0. The first-order chi connectivity index (χ1) is 7.83. The summed E-state index contributed by atoms with van der Waals surface area (Å²) in [7, 11) is 0. The normalized spacial score (nSPS) is 28.2. The van der Waals surface area contributed by atoms with Crippen LogP contribution in [0.4, 0.5) is 5.82 Å². The molecule has 84 valence electrons. The van der Waals surface area contributed by atoms with Crippen molar-refractivity contribution in [2.45, 2.75) is 19.8 Å². The minimum Gasteiger partial charge on any atom is -0.356 e. The summed E-state index contributed by atoms with van der Waals surface area (Å²) >= 11 is 0. The SMILES string of the molecule is Cc1nccc(N2C[C@@H]3CC=CC[C@H]3C2)n1. The lowest BCUT2D eigenvalue weighted by molar-refractivity contribution is 0.411. The zero-order chi connectivity index (χ0) is 11.0. The van der Waals surface area contributed by atoms with Gasteiger partial charge < -0.3 is 4.90 Å². The van der Waals surface area contributed by atoms with Crippen LogP contribution in [0.15, 0.2) is 24.4 Å². The molecule has 2 heterocycles. The molecule has 0 aromatic carbocycles. The van der Waals surface area contributed by atoms with E-state index in [-0.39, 0.29) is 0 Å². The highest BCUT2D eigenvalue weighted by Crippen LogP contribution is 2.34. The van der Waals surface area contributed by atoms with Crippen LogP contribution in [0.1, 0.15) is 18.7 Å². The Morgan fingerprint density at radius 2 is 1.88 bits per heavy atom. The second-order valence-electron chi connectivity index (χ2n) is 4.83. The second-order valence-corrected chi connectivity index (χ2v) is 4.83. The molecule has 1 aliphatic carbocycles. The van der Waals surface area contributed by atoms with E-state index in [2.05, 4.69) is 27.0 Å². The third kappa shape index (κ3) is 1.70. The van der Waals surface area contributed by atoms with Crippen LogP contribution in [0, 0.1) is 18.8 Å². The Labute approximate surface area is 96.2 Å². The molecule has 0 N–H and O–H groups in total.